The first kappa shape index (κ1) is 24.9. The summed E-state index contributed by atoms with van der Waals surface area (Å²) in [6.07, 6.45) is 0.0636. The molecule has 0 aliphatic carbocycles. The molecule has 9 N–H and O–H groups in total. The number of piperidine rings is 1. The molecule has 1 aromatic carbocycles. The van der Waals surface area contributed by atoms with Crippen molar-refractivity contribution in [3.63, 3.8) is 0 Å². The fourth-order valence-electron chi connectivity index (χ4n) is 4.34. The Kier molecular flexibility index (Phi) is 7.54. The van der Waals surface area contributed by atoms with Crippen molar-refractivity contribution < 1.29 is 9.59 Å². The van der Waals surface area contributed by atoms with Crippen LogP contribution in [0.2, 0.25) is 5.02 Å². The lowest BCUT2D eigenvalue weighted by molar-refractivity contribution is -0.124. The Morgan fingerprint density at radius 3 is 2.46 bits per heavy atom. The van der Waals surface area contributed by atoms with Crippen molar-refractivity contribution in [2.45, 2.75) is 36.9 Å². The van der Waals surface area contributed by atoms with E-state index in [9.17, 15) is 9.59 Å². The van der Waals surface area contributed by atoms with Gasteiger partial charge in [0, 0.05) is 35.8 Å². The zero-order valence-electron chi connectivity index (χ0n) is 18.5. The van der Waals surface area contributed by atoms with Crippen molar-refractivity contribution in [3.8, 4) is 0 Å². The van der Waals surface area contributed by atoms with Gasteiger partial charge in [0.1, 0.15) is 17.5 Å². The number of nitrogens with zero attached hydrogens (tertiary/aromatic N) is 5. The molecule has 2 amide bonds. The summed E-state index contributed by atoms with van der Waals surface area (Å²) in [5.41, 5.74) is 0.352. The fourth-order valence-corrected chi connectivity index (χ4v) is 4.67. The van der Waals surface area contributed by atoms with Crippen molar-refractivity contribution in [1.29, 1.82) is 0 Å². The molecule has 4 rings (SSSR count). The number of halogens is 2. The molecule has 0 saturated carbocycles. The molecule has 0 radical (unpaired) electrons. The standard InChI is InChI=1S/C19H26Cl2N12O2/c20-11-3-1-10(2-4-11)17(35)33-7-5-19(6-8-33)9-24-18(28-19)27-16(34)12-14(29-31-22)26-15(30-32-23)13(21)25-12/h1-4,12,14,18,24-26,28H,5-9H2,(H2,22,29)(H2,23,30)(H,27,34). The lowest BCUT2D eigenvalue weighted by Crippen LogP contribution is -2.62. The first-order valence-corrected chi connectivity index (χ1v) is 11.6. The summed E-state index contributed by atoms with van der Waals surface area (Å²) in [5.74, 6) is 9.92. The smallest absolute Gasteiger partial charge is 0.253 e. The third-order valence-electron chi connectivity index (χ3n) is 6.20. The van der Waals surface area contributed by atoms with Crippen LogP contribution in [0.15, 0.2) is 55.9 Å². The molecule has 16 heteroatoms. The molecule has 3 atom stereocenters. The molecule has 14 nitrogen and oxygen atoms in total. The Bertz CT molecular complexity index is 1040. The summed E-state index contributed by atoms with van der Waals surface area (Å²) >= 11 is 12.1. The highest BCUT2D eigenvalue weighted by molar-refractivity contribution is 6.30. The Hall–Kier alpha value is -3.20. The van der Waals surface area contributed by atoms with Crippen LogP contribution in [-0.4, -0.2) is 60.4 Å². The molecule has 3 aliphatic heterocycles. The molecule has 188 valence electrons. The molecule has 3 aliphatic rings. The maximum Gasteiger partial charge on any atom is 0.253 e. The number of amides is 2. The number of benzene rings is 1. The van der Waals surface area contributed by atoms with Gasteiger partial charge in [0.15, 0.2) is 12.0 Å². The summed E-state index contributed by atoms with van der Waals surface area (Å²) in [7, 11) is 0. The molecule has 3 unspecified atom stereocenters. The zero-order valence-corrected chi connectivity index (χ0v) is 20.1. The average Bonchev–Trinajstić information content (AvgIpc) is 3.23. The van der Waals surface area contributed by atoms with Gasteiger partial charge in [0.25, 0.3) is 5.91 Å². The second-order valence-corrected chi connectivity index (χ2v) is 9.18. The van der Waals surface area contributed by atoms with Crippen LogP contribution in [0.3, 0.4) is 0 Å². The van der Waals surface area contributed by atoms with Crippen LogP contribution in [0, 0.1) is 0 Å². The normalized spacial score (nSPS) is 26.2. The number of carbonyl (C=O) groups is 2. The monoisotopic (exact) mass is 524 g/mol. The van der Waals surface area contributed by atoms with Crippen LogP contribution in [0.4, 0.5) is 0 Å². The van der Waals surface area contributed by atoms with Gasteiger partial charge in [0.2, 0.25) is 5.91 Å². The maximum atomic E-state index is 13.0. The van der Waals surface area contributed by atoms with Gasteiger partial charge in [-0.15, -0.1) is 10.2 Å². The minimum atomic E-state index is -0.925. The number of hydrogen-bond acceptors (Lipinski definition) is 10. The van der Waals surface area contributed by atoms with Gasteiger partial charge >= 0.3 is 0 Å². The topological polar surface area (TPSA) is 199 Å². The average molecular weight is 525 g/mol. The maximum absolute atomic E-state index is 13.0. The van der Waals surface area contributed by atoms with Gasteiger partial charge in [-0.2, -0.15) is 0 Å². The van der Waals surface area contributed by atoms with Crippen LogP contribution in [-0.2, 0) is 4.79 Å². The van der Waals surface area contributed by atoms with Crippen LogP contribution in [0.1, 0.15) is 23.2 Å². The van der Waals surface area contributed by atoms with E-state index < -0.39 is 24.4 Å². The Labute approximate surface area is 210 Å². The van der Waals surface area contributed by atoms with Gasteiger partial charge in [-0.25, -0.2) is 0 Å². The van der Waals surface area contributed by atoms with E-state index in [0.717, 1.165) is 12.8 Å². The second kappa shape index (κ2) is 10.6. The van der Waals surface area contributed by atoms with Gasteiger partial charge in [-0.1, -0.05) is 33.6 Å². The summed E-state index contributed by atoms with van der Waals surface area (Å²) in [6.45, 7) is 1.80. The summed E-state index contributed by atoms with van der Waals surface area (Å²) in [5, 5.41) is 29.7. The van der Waals surface area contributed by atoms with E-state index in [0.29, 0.717) is 30.2 Å². The van der Waals surface area contributed by atoms with Gasteiger partial charge in [-0.05, 0) is 37.1 Å². The van der Waals surface area contributed by atoms with Gasteiger partial charge in [-0.3, -0.25) is 20.2 Å². The SMILES string of the molecule is NN=NC1=C(Cl)NC(C(=O)NC2NCC3(CCN(C(=O)c4ccc(Cl)cc4)CC3)N2)C(N=NN)N1. The van der Waals surface area contributed by atoms with E-state index in [1.807, 2.05) is 4.90 Å². The van der Waals surface area contributed by atoms with Crippen molar-refractivity contribution in [3.05, 3.63) is 45.8 Å². The van der Waals surface area contributed by atoms with E-state index in [1.165, 1.54) is 0 Å². The first-order chi connectivity index (χ1) is 16.8. The number of nitrogens with one attached hydrogen (secondary N) is 5. The largest absolute Gasteiger partial charge is 0.358 e. The molecular weight excluding hydrogens is 499 g/mol. The molecule has 1 spiro atoms. The van der Waals surface area contributed by atoms with Crippen LogP contribution >= 0.6 is 23.2 Å². The Morgan fingerprint density at radius 2 is 1.80 bits per heavy atom. The third-order valence-corrected chi connectivity index (χ3v) is 6.74. The highest BCUT2D eigenvalue weighted by Gasteiger charge is 2.43. The molecule has 2 fully saturated rings. The minimum absolute atomic E-state index is 0.0261. The van der Waals surface area contributed by atoms with E-state index in [-0.39, 0.29) is 22.4 Å². The molecule has 3 heterocycles. The fraction of sp³-hybridized carbons (Fsp3) is 0.474. The van der Waals surface area contributed by atoms with Gasteiger partial charge < -0.3 is 32.5 Å². The summed E-state index contributed by atoms with van der Waals surface area (Å²) in [6, 6.07) is 5.94. The number of hydrogen-bond donors (Lipinski definition) is 7. The molecule has 0 aromatic heterocycles. The Balaban J connectivity index is 1.33. The molecular formula is C19H26Cl2N12O2. The molecule has 0 bridgehead atoms. The quantitative estimate of drug-likeness (QED) is 0.119. The van der Waals surface area contributed by atoms with Crippen molar-refractivity contribution in [1.82, 2.24) is 31.5 Å². The molecule has 2 saturated heterocycles. The van der Waals surface area contributed by atoms with Crippen molar-refractivity contribution in [2.24, 2.45) is 32.4 Å². The molecule has 35 heavy (non-hydrogen) atoms. The third kappa shape index (κ3) is 5.56. The highest BCUT2D eigenvalue weighted by Crippen LogP contribution is 2.26. The lowest BCUT2D eigenvalue weighted by atomic mass is 9.88. The summed E-state index contributed by atoms with van der Waals surface area (Å²) in [4.78, 5) is 27.6. The number of rotatable bonds is 5. The molecule has 1 aromatic rings. The van der Waals surface area contributed by atoms with Crippen LogP contribution in [0.25, 0.3) is 0 Å². The minimum Gasteiger partial charge on any atom is -0.358 e. The van der Waals surface area contributed by atoms with E-state index >= 15 is 0 Å². The van der Waals surface area contributed by atoms with E-state index in [2.05, 4.69) is 47.3 Å². The van der Waals surface area contributed by atoms with Crippen molar-refractivity contribution in [2.75, 3.05) is 19.6 Å². The van der Waals surface area contributed by atoms with E-state index in [4.69, 9.17) is 34.9 Å². The predicted octanol–water partition coefficient (Wildman–Crippen LogP) is -0.188. The van der Waals surface area contributed by atoms with E-state index in [1.54, 1.807) is 24.3 Å². The Morgan fingerprint density at radius 1 is 1.09 bits per heavy atom. The van der Waals surface area contributed by atoms with Crippen molar-refractivity contribution >= 4 is 35.0 Å². The number of nitrogens with two attached hydrogens (primary N) is 2. The number of likely N-dealkylation sites (tertiary alicyclic amines) is 1. The number of carbonyl (C=O) groups excluding carboxylic acids is 2. The summed E-state index contributed by atoms with van der Waals surface area (Å²) < 4.78 is 0. The first-order valence-electron chi connectivity index (χ1n) is 10.8. The second-order valence-electron chi connectivity index (χ2n) is 8.37. The van der Waals surface area contributed by atoms with Gasteiger partial charge in [0.05, 0.1) is 0 Å². The predicted molar refractivity (Wildman–Crippen MR) is 127 cm³/mol. The zero-order chi connectivity index (χ0) is 25.0. The lowest BCUT2D eigenvalue weighted by Gasteiger charge is -2.39. The highest BCUT2D eigenvalue weighted by atomic mass is 35.5. The van der Waals surface area contributed by atoms with Crippen LogP contribution < -0.4 is 38.3 Å². The van der Waals surface area contributed by atoms with Crippen LogP contribution in [0.5, 0.6) is 0 Å².